The normalized spacial score (nSPS) is 16.1. The van der Waals surface area contributed by atoms with Crippen molar-refractivity contribution in [1.29, 1.82) is 0 Å². The minimum Gasteiger partial charge on any atom is -0.314 e. The number of nitrogens with zero attached hydrogens (tertiary/aromatic N) is 2. The molecule has 1 N–H and O–H groups in total. The SMILES string of the molecule is CNCc1cccc2nc(C3CC3)cn12. The minimum absolute atomic E-state index is 0.729. The molecular weight excluding hydrogens is 186 g/mol. The predicted molar refractivity (Wildman–Crippen MR) is 59.9 cm³/mol. The average molecular weight is 201 g/mol. The molecule has 2 aromatic rings. The number of hydrogen-bond donors (Lipinski definition) is 1. The summed E-state index contributed by atoms with van der Waals surface area (Å²) in [5.74, 6) is 0.729. The van der Waals surface area contributed by atoms with Crippen LogP contribution in [0.3, 0.4) is 0 Å². The van der Waals surface area contributed by atoms with Crippen LogP contribution < -0.4 is 5.32 Å². The fourth-order valence-corrected chi connectivity index (χ4v) is 1.99. The van der Waals surface area contributed by atoms with Crippen LogP contribution in [0.2, 0.25) is 0 Å². The quantitative estimate of drug-likeness (QED) is 0.822. The van der Waals surface area contributed by atoms with Gasteiger partial charge in [-0.3, -0.25) is 0 Å². The molecule has 1 fully saturated rings. The first-order valence-corrected chi connectivity index (χ1v) is 5.50. The lowest BCUT2D eigenvalue weighted by Crippen LogP contribution is -2.08. The van der Waals surface area contributed by atoms with E-state index < -0.39 is 0 Å². The topological polar surface area (TPSA) is 29.3 Å². The monoisotopic (exact) mass is 201 g/mol. The fourth-order valence-electron chi connectivity index (χ4n) is 1.99. The molecule has 1 aliphatic carbocycles. The molecule has 3 rings (SSSR count). The van der Waals surface area contributed by atoms with Crippen molar-refractivity contribution < 1.29 is 0 Å². The van der Waals surface area contributed by atoms with Crippen LogP contribution in [0.15, 0.2) is 24.4 Å². The summed E-state index contributed by atoms with van der Waals surface area (Å²) in [6.45, 7) is 0.887. The Bertz CT molecular complexity index is 483. The van der Waals surface area contributed by atoms with Gasteiger partial charge in [0.2, 0.25) is 0 Å². The lowest BCUT2D eigenvalue weighted by Gasteiger charge is -2.03. The maximum Gasteiger partial charge on any atom is 0.137 e. The molecule has 0 aliphatic heterocycles. The zero-order chi connectivity index (χ0) is 10.3. The molecule has 2 heterocycles. The van der Waals surface area contributed by atoms with E-state index >= 15 is 0 Å². The molecule has 1 saturated carbocycles. The summed E-state index contributed by atoms with van der Waals surface area (Å²) in [5.41, 5.74) is 3.61. The maximum atomic E-state index is 4.65. The first kappa shape index (κ1) is 8.92. The van der Waals surface area contributed by atoms with E-state index in [0.717, 1.165) is 18.1 Å². The number of rotatable bonds is 3. The van der Waals surface area contributed by atoms with Crippen molar-refractivity contribution >= 4 is 5.65 Å². The van der Waals surface area contributed by atoms with Gasteiger partial charge in [-0.05, 0) is 32.0 Å². The molecule has 1 aliphatic rings. The van der Waals surface area contributed by atoms with Crippen molar-refractivity contribution in [2.24, 2.45) is 0 Å². The molecule has 15 heavy (non-hydrogen) atoms. The molecule has 0 radical (unpaired) electrons. The van der Waals surface area contributed by atoms with Crippen LogP contribution in [0.4, 0.5) is 0 Å². The van der Waals surface area contributed by atoms with E-state index in [-0.39, 0.29) is 0 Å². The van der Waals surface area contributed by atoms with Crippen LogP contribution in [0.25, 0.3) is 5.65 Å². The summed E-state index contributed by atoms with van der Waals surface area (Å²) in [6, 6.07) is 6.29. The molecular formula is C12H15N3. The lowest BCUT2D eigenvalue weighted by molar-refractivity contribution is 0.777. The van der Waals surface area contributed by atoms with Gasteiger partial charge in [-0.15, -0.1) is 0 Å². The summed E-state index contributed by atoms with van der Waals surface area (Å²) >= 11 is 0. The lowest BCUT2D eigenvalue weighted by atomic mass is 10.3. The first-order chi connectivity index (χ1) is 7.38. The van der Waals surface area contributed by atoms with Gasteiger partial charge in [-0.2, -0.15) is 0 Å². The number of pyridine rings is 1. The summed E-state index contributed by atoms with van der Waals surface area (Å²) < 4.78 is 2.20. The Morgan fingerprint density at radius 3 is 3.07 bits per heavy atom. The third-order valence-electron chi connectivity index (χ3n) is 2.95. The third-order valence-corrected chi connectivity index (χ3v) is 2.95. The van der Waals surface area contributed by atoms with Crippen molar-refractivity contribution in [3.63, 3.8) is 0 Å². The van der Waals surface area contributed by atoms with Crippen LogP contribution in [0, 0.1) is 0 Å². The van der Waals surface area contributed by atoms with Gasteiger partial charge in [0.25, 0.3) is 0 Å². The highest BCUT2D eigenvalue weighted by Crippen LogP contribution is 2.39. The Morgan fingerprint density at radius 2 is 2.33 bits per heavy atom. The predicted octanol–water partition coefficient (Wildman–Crippen LogP) is 1.93. The molecule has 3 heteroatoms. The Hall–Kier alpha value is -1.35. The summed E-state index contributed by atoms with van der Waals surface area (Å²) in [7, 11) is 1.97. The van der Waals surface area contributed by atoms with Crippen LogP contribution in [-0.4, -0.2) is 16.4 Å². The van der Waals surface area contributed by atoms with Crippen molar-refractivity contribution in [3.05, 3.63) is 35.8 Å². The molecule has 0 atom stereocenters. The molecule has 0 unspecified atom stereocenters. The second-order valence-electron chi connectivity index (χ2n) is 4.22. The molecule has 3 nitrogen and oxygen atoms in total. The fraction of sp³-hybridized carbons (Fsp3) is 0.417. The van der Waals surface area contributed by atoms with Crippen LogP contribution in [-0.2, 0) is 6.54 Å². The van der Waals surface area contributed by atoms with E-state index in [0.29, 0.717) is 0 Å². The zero-order valence-electron chi connectivity index (χ0n) is 8.90. The third kappa shape index (κ3) is 1.53. The van der Waals surface area contributed by atoms with Gasteiger partial charge in [-0.1, -0.05) is 6.07 Å². The molecule has 2 aromatic heterocycles. The second-order valence-corrected chi connectivity index (χ2v) is 4.22. The van der Waals surface area contributed by atoms with Gasteiger partial charge >= 0.3 is 0 Å². The van der Waals surface area contributed by atoms with E-state index in [1.54, 1.807) is 0 Å². The van der Waals surface area contributed by atoms with Gasteiger partial charge in [0, 0.05) is 24.4 Å². The highest BCUT2D eigenvalue weighted by molar-refractivity contribution is 5.43. The van der Waals surface area contributed by atoms with E-state index in [4.69, 9.17) is 0 Å². The van der Waals surface area contributed by atoms with E-state index in [1.165, 1.54) is 24.2 Å². The Kier molecular flexibility index (Phi) is 1.99. The Balaban J connectivity index is 2.11. The molecule has 0 saturated heterocycles. The second kappa shape index (κ2) is 3.35. The molecule has 0 spiro atoms. The van der Waals surface area contributed by atoms with Crippen molar-refractivity contribution in [3.8, 4) is 0 Å². The smallest absolute Gasteiger partial charge is 0.137 e. The number of fused-ring (bicyclic) bond motifs is 1. The van der Waals surface area contributed by atoms with E-state index in [2.05, 4.69) is 39.1 Å². The number of aromatic nitrogens is 2. The van der Waals surface area contributed by atoms with Crippen molar-refractivity contribution in [1.82, 2.24) is 14.7 Å². The standard InChI is InChI=1S/C12H15N3/c1-13-7-10-3-2-4-12-14-11(8-15(10)12)9-5-6-9/h2-4,8-9,13H,5-7H2,1H3. The van der Waals surface area contributed by atoms with E-state index in [9.17, 15) is 0 Å². The van der Waals surface area contributed by atoms with Crippen LogP contribution in [0.1, 0.15) is 30.1 Å². The highest BCUT2D eigenvalue weighted by atomic mass is 15.0. The van der Waals surface area contributed by atoms with Crippen LogP contribution in [0.5, 0.6) is 0 Å². The maximum absolute atomic E-state index is 4.65. The Labute approximate surface area is 89.1 Å². The molecule has 0 aromatic carbocycles. The summed E-state index contributed by atoms with van der Waals surface area (Å²) in [4.78, 5) is 4.65. The van der Waals surface area contributed by atoms with Gasteiger partial charge in [0.05, 0.1) is 5.69 Å². The molecule has 0 bridgehead atoms. The molecule has 0 amide bonds. The average Bonchev–Trinajstić information content (AvgIpc) is 2.99. The van der Waals surface area contributed by atoms with Crippen molar-refractivity contribution in [2.45, 2.75) is 25.3 Å². The summed E-state index contributed by atoms with van der Waals surface area (Å²) in [5, 5.41) is 3.18. The highest BCUT2D eigenvalue weighted by Gasteiger charge is 2.26. The minimum atomic E-state index is 0.729. The molecule has 78 valence electrons. The number of hydrogen-bond acceptors (Lipinski definition) is 2. The van der Waals surface area contributed by atoms with Gasteiger partial charge in [0.1, 0.15) is 5.65 Å². The van der Waals surface area contributed by atoms with Gasteiger partial charge in [-0.25, -0.2) is 4.98 Å². The number of nitrogens with one attached hydrogen (secondary N) is 1. The number of imidazole rings is 1. The van der Waals surface area contributed by atoms with Gasteiger partial charge in [0.15, 0.2) is 0 Å². The van der Waals surface area contributed by atoms with Crippen LogP contribution >= 0.6 is 0 Å². The van der Waals surface area contributed by atoms with Crippen molar-refractivity contribution in [2.75, 3.05) is 7.05 Å². The first-order valence-electron chi connectivity index (χ1n) is 5.50. The van der Waals surface area contributed by atoms with Gasteiger partial charge < -0.3 is 9.72 Å². The zero-order valence-corrected chi connectivity index (χ0v) is 8.90. The van der Waals surface area contributed by atoms with E-state index in [1.807, 2.05) is 7.05 Å². The Morgan fingerprint density at radius 1 is 1.47 bits per heavy atom. The largest absolute Gasteiger partial charge is 0.314 e. The summed E-state index contributed by atoms with van der Waals surface area (Å²) in [6.07, 6.45) is 4.82.